The highest BCUT2D eigenvalue weighted by atomic mass is 32.3. The van der Waals surface area contributed by atoms with E-state index in [1.165, 1.54) is 0 Å². The van der Waals surface area contributed by atoms with Gasteiger partial charge in [0.2, 0.25) is 5.60 Å². The summed E-state index contributed by atoms with van der Waals surface area (Å²) in [5, 5.41) is 0. The summed E-state index contributed by atoms with van der Waals surface area (Å²) in [6.45, 7) is -1.43. The van der Waals surface area contributed by atoms with E-state index in [2.05, 4.69) is 21.5 Å². The van der Waals surface area contributed by atoms with Gasteiger partial charge in [-0.3, -0.25) is 0 Å². The molecule has 20 heavy (non-hydrogen) atoms. The summed E-state index contributed by atoms with van der Waals surface area (Å²) in [5.41, 5.74) is -1.61. The Balaban J connectivity index is 1.92. The lowest BCUT2D eigenvalue weighted by atomic mass is 9.94. The Bertz CT molecular complexity index is 636. The molecule has 0 radical (unpaired) electrons. The first-order chi connectivity index (χ1) is 9.22. The van der Waals surface area contributed by atoms with Gasteiger partial charge < -0.3 is 9.47 Å². The van der Waals surface area contributed by atoms with E-state index in [-0.39, 0.29) is 6.61 Å². The van der Waals surface area contributed by atoms with Crippen LogP contribution in [0.5, 0.6) is 0 Å². The minimum Gasteiger partial charge on any atom is -0.430 e. The van der Waals surface area contributed by atoms with Gasteiger partial charge in [0.15, 0.2) is 6.10 Å². The fourth-order valence-electron chi connectivity index (χ4n) is 2.01. The second kappa shape index (κ2) is 4.25. The fraction of sp³-hybridized carbons (Fsp3) is 0.857. The van der Waals surface area contributed by atoms with E-state index in [4.69, 9.17) is 4.74 Å². The Morgan fingerprint density at radius 3 is 2.25 bits per heavy atom. The third-order valence-corrected chi connectivity index (χ3v) is 4.62. The smallest absolute Gasteiger partial charge is 0.430 e. The van der Waals surface area contributed by atoms with Gasteiger partial charge in [-0.15, -0.1) is 0 Å². The van der Waals surface area contributed by atoms with Gasteiger partial charge in [0.1, 0.15) is 19.3 Å². The van der Waals surface area contributed by atoms with Gasteiger partial charge in [-0.1, -0.05) is 0 Å². The standard InChI is InChI=1S/C7H8O11S2/c8-6-13-2-7(16-6)3-15-20(11,12)18-5(7)4-1-14-19(9,10)17-4/h4-5H,1-3H2. The van der Waals surface area contributed by atoms with Gasteiger partial charge in [-0.2, -0.15) is 16.8 Å². The van der Waals surface area contributed by atoms with Gasteiger partial charge >= 0.3 is 27.0 Å². The number of rotatable bonds is 1. The summed E-state index contributed by atoms with van der Waals surface area (Å²) in [6, 6.07) is 0. The average Bonchev–Trinajstić information content (AvgIpc) is 2.87. The Kier molecular flexibility index (Phi) is 2.97. The van der Waals surface area contributed by atoms with Crippen LogP contribution in [0.15, 0.2) is 0 Å². The van der Waals surface area contributed by atoms with Crippen LogP contribution in [0.3, 0.4) is 0 Å². The molecule has 1 spiro atoms. The largest absolute Gasteiger partial charge is 0.509 e. The van der Waals surface area contributed by atoms with E-state index in [1.807, 2.05) is 0 Å². The zero-order valence-electron chi connectivity index (χ0n) is 9.58. The summed E-state index contributed by atoms with van der Waals surface area (Å²) in [7, 11) is -8.60. The molecule has 0 aromatic carbocycles. The minimum atomic E-state index is -4.36. The molecule has 13 heteroatoms. The van der Waals surface area contributed by atoms with Crippen LogP contribution in [-0.4, -0.2) is 60.6 Å². The molecular weight excluding hydrogens is 324 g/mol. The average molecular weight is 332 g/mol. The summed E-state index contributed by atoms with van der Waals surface area (Å²) in [4.78, 5) is 11.1. The molecule has 0 N–H and O–H groups in total. The van der Waals surface area contributed by atoms with Crippen LogP contribution in [0.1, 0.15) is 0 Å². The highest BCUT2D eigenvalue weighted by molar-refractivity contribution is 7.82. The fourth-order valence-corrected chi connectivity index (χ4v) is 3.78. The molecule has 0 bridgehead atoms. The molecule has 3 saturated heterocycles. The monoisotopic (exact) mass is 332 g/mol. The van der Waals surface area contributed by atoms with Crippen molar-refractivity contribution < 1.29 is 47.8 Å². The van der Waals surface area contributed by atoms with Gasteiger partial charge in [0.25, 0.3) is 0 Å². The zero-order chi connectivity index (χ0) is 14.6. The number of ether oxygens (including phenoxy) is 2. The highest BCUT2D eigenvalue weighted by Gasteiger charge is 2.60. The summed E-state index contributed by atoms with van der Waals surface area (Å²) in [6.07, 6.45) is -3.83. The van der Waals surface area contributed by atoms with E-state index in [0.717, 1.165) is 0 Å². The van der Waals surface area contributed by atoms with Crippen molar-refractivity contribution in [3.63, 3.8) is 0 Å². The molecule has 3 aliphatic heterocycles. The van der Waals surface area contributed by atoms with E-state index in [0.29, 0.717) is 0 Å². The number of carbonyl (C=O) groups is 1. The maximum Gasteiger partial charge on any atom is 0.509 e. The van der Waals surface area contributed by atoms with Crippen LogP contribution in [0, 0.1) is 0 Å². The highest BCUT2D eigenvalue weighted by Crippen LogP contribution is 2.37. The van der Waals surface area contributed by atoms with Gasteiger partial charge in [-0.25, -0.2) is 21.5 Å². The van der Waals surface area contributed by atoms with E-state index < -0.39 is 58.0 Å². The van der Waals surface area contributed by atoms with Crippen LogP contribution in [-0.2, 0) is 47.0 Å². The van der Waals surface area contributed by atoms with Crippen molar-refractivity contribution in [3.05, 3.63) is 0 Å². The number of cyclic esters (lactones) is 1. The molecule has 3 atom stereocenters. The molecule has 0 aromatic heterocycles. The Morgan fingerprint density at radius 2 is 1.70 bits per heavy atom. The van der Waals surface area contributed by atoms with Gasteiger partial charge in [0.05, 0.1) is 6.61 Å². The molecule has 0 aliphatic carbocycles. The van der Waals surface area contributed by atoms with Gasteiger partial charge in [-0.05, 0) is 0 Å². The van der Waals surface area contributed by atoms with Gasteiger partial charge in [0, 0.05) is 0 Å². The summed E-state index contributed by atoms with van der Waals surface area (Å²) >= 11 is 0. The summed E-state index contributed by atoms with van der Waals surface area (Å²) < 4.78 is 72.3. The van der Waals surface area contributed by atoms with Crippen LogP contribution >= 0.6 is 0 Å². The first kappa shape index (κ1) is 14.0. The molecule has 0 aromatic rings. The molecule has 3 unspecified atom stereocenters. The molecule has 3 rings (SSSR count). The van der Waals surface area contributed by atoms with Crippen LogP contribution < -0.4 is 0 Å². The molecule has 3 heterocycles. The maximum absolute atomic E-state index is 11.3. The van der Waals surface area contributed by atoms with E-state index in [1.54, 1.807) is 0 Å². The molecule has 11 nitrogen and oxygen atoms in total. The Hall–Kier alpha value is -0.990. The number of hydrogen-bond donors (Lipinski definition) is 0. The quantitative estimate of drug-likeness (QED) is 0.503. The predicted octanol–water partition coefficient (Wildman–Crippen LogP) is -1.79. The normalized spacial score (nSPS) is 42.3. The molecule has 0 amide bonds. The van der Waals surface area contributed by atoms with Crippen LogP contribution in [0.4, 0.5) is 4.79 Å². The third-order valence-electron chi connectivity index (χ3n) is 2.86. The van der Waals surface area contributed by atoms with Crippen molar-refractivity contribution in [2.75, 3.05) is 19.8 Å². The van der Waals surface area contributed by atoms with Crippen molar-refractivity contribution in [2.45, 2.75) is 17.8 Å². The second-order valence-corrected chi connectivity index (χ2v) is 6.71. The van der Waals surface area contributed by atoms with Crippen molar-refractivity contribution >= 4 is 27.0 Å². The Labute approximate surface area is 113 Å². The first-order valence-corrected chi connectivity index (χ1v) is 7.89. The molecule has 114 valence electrons. The number of hydrogen-bond acceptors (Lipinski definition) is 11. The topological polar surface area (TPSA) is 141 Å². The van der Waals surface area contributed by atoms with Crippen molar-refractivity contribution in [1.29, 1.82) is 0 Å². The lowest BCUT2D eigenvalue weighted by Crippen LogP contribution is -2.60. The van der Waals surface area contributed by atoms with Crippen LogP contribution in [0.2, 0.25) is 0 Å². The Morgan fingerprint density at radius 1 is 1.00 bits per heavy atom. The lowest BCUT2D eigenvalue weighted by molar-refractivity contribution is -0.128. The number of carbonyl (C=O) groups excluding carboxylic acids is 1. The molecule has 0 saturated carbocycles. The van der Waals surface area contributed by atoms with Crippen molar-refractivity contribution in [3.8, 4) is 0 Å². The first-order valence-electron chi connectivity index (χ1n) is 5.22. The van der Waals surface area contributed by atoms with E-state index in [9.17, 15) is 21.6 Å². The maximum atomic E-state index is 11.3. The second-order valence-electron chi connectivity index (χ2n) is 4.22. The minimum absolute atomic E-state index is 0.369. The molecule has 3 aliphatic rings. The lowest BCUT2D eigenvalue weighted by Gasteiger charge is -2.37. The predicted molar refractivity (Wildman–Crippen MR) is 54.7 cm³/mol. The van der Waals surface area contributed by atoms with E-state index >= 15 is 0 Å². The molecule has 3 fully saturated rings. The van der Waals surface area contributed by atoms with Crippen molar-refractivity contribution in [2.24, 2.45) is 0 Å². The SMILES string of the molecule is O=C1OCC2(COS(=O)(=O)OC2C2COS(=O)(=O)O2)O1. The van der Waals surface area contributed by atoms with Crippen LogP contribution in [0.25, 0.3) is 0 Å². The third kappa shape index (κ3) is 2.36. The zero-order valence-corrected chi connectivity index (χ0v) is 11.2. The molecular formula is C7H8O11S2. The van der Waals surface area contributed by atoms with Crippen molar-refractivity contribution in [1.82, 2.24) is 0 Å². The summed E-state index contributed by atoms with van der Waals surface area (Å²) in [5.74, 6) is 0.